The average molecular weight is 270 g/mol. The number of H-pyrrole nitrogens is 1. The summed E-state index contributed by atoms with van der Waals surface area (Å²) in [6.45, 7) is -0.504. The van der Waals surface area contributed by atoms with Crippen molar-refractivity contribution >= 4 is 0 Å². The molecule has 2 rings (SSSR count). The molecule has 0 spiro atoms. The second-order valence-corrected chi connectivity index (χ2v) is 4.07. The van der Waals surface area contributed by atoms with Crippen LogP contribution in [0.1, 0.15) is 6.23 Å². The van der Waals surface area contributed by atoms with Crippen LogP contribution in [0.3, 0.4) is 0 Å². The summed E-state index contributed by atoms with van der Waals surface area (Å²) in [6, 6.07) is 0. The number of nitrogens with one attached hydrogen (secondary N) is 1. The number of aromatic nitrogens is 2. The number of rotatable bonds is 2. The van der Waals surface area contributed by atoms with Gasteiger partial charge in [-0.25, -0.2) is 4.79 Å². The molecular formula is C11H11FN2O5. The van der Waals surface area contributed by atoms with Gasteiger partial charge in [0.05, 0.1) is 18.7 Å². The molecule has 1 aliphatic heterocycles. The van der Waals surface area contributed by atoms with Crippen molar-refractivity contribution in [2.24, 2.45) is 5.92 Å². The fourth-order valence-corrected chi connectivity index (χ4v) is 1.96. The van der Waals surface area contributed by atoms with Crippen molar-refractivity contribution in [3.63, 3.8) is 0 Å². The molecule has 2 heterocycles. The zero-order valence-corrected chi connectivity index (χ0v) is 9.62. The molecule has 0 bridgehead atoms. The fourth-order valence-electron chi connectivity index (χ4n) is 1.96. The Morgan fingerprint density at radius 3 is 2.84 bits per heavy atom. The normalized spacial score (nSPS) is 30.2. The molecule has 4 atom stereocenters. The van der Waals surface area contributed by atoms with Gasteiger partial charge in [-0.15, -0.1) is 6.42 Å². The summed E-state index contributed by atoms with van der Waals surface area (Å²) < 4.78 is 19.2. The lowest BCUT2D eigenvalue weighted by atomic mass is 10.0. The number of aromatic amines is 1. The van der Waals surface area contributed by atoms with Crippen molar-refractivity contribution in [1.29, 1.82) is 0 Å². The molecule has 102 valence electrons. The van der Waals surface area contributed by atoms with Crippen LogP contribution in [0, 0.1) is 24.1 Å². The molecule has 0 saturated carbocycles. The van der Waals surface area contributed by atoms with E-state index in [-0.39, 0.29) is 0 Å². The largest absolute Gasteiger partial charge is 0.394 e. The topological polar surface area (TPSA) is 105 Å². The summed E-state index contributed by atoms with van der Waals surface area (Å²) >= 11 is 0. The first-order valence-corrected chi connectivity index (χ1v) is 5.41. The highest BCUT2D eigenvalue weighted by molar-refractivity contribution is 5.06. The molecule has 19 heavy (non-hydrogen) atoms. The van der Waals surface area contributed by atoms with E-state index in [9.17, 15) is 19.1 Å². The molecule has 8 heteroatoms. The third kappa shape index (κ3) is 2.19. The van der Waals surface area contributed by atoms with Crippen molar-refractivity contribution in [3.8, 4) is 12.3 Å². The number of hydrogen-bond donors (Lipinski definition) is 3. The van der Waals surface area contributed by atoms with Gasteiger partial charge in [-0.3, -0.25) is 14.3 Å². The molecule has 1 unspecified atom stereocenters. The standard InChI is InChI=1S/C11H11FN2O5/c1-2-5-8(16)7(4-15)19-10(5)14-3-6(12)9(17)13-11(14)18/h1,3,5,7-8,10,15-16H,4H2,(H,13,17,18)/t5-,7+,8?,10+/m0/s1. The van der Waals surface area contributed by atoms with Crippen molar-refractivity contribution in [2.45, 2.75) is 18.4 Å². The SMILES string of the molecule is C#C[C@H]1C(O)[C@@H](CO)O[C@H]1n1cc(F)c(=O)[nH]c1=O. The van der Waals surface area contributed by atoms with E-state index in [4.69, 9.17) is 16.3 Å². The summed E-state index contributed by atoms with van der Waals surface area (Å²) in [5.74, 6) is 0.104. The first-order chi connectivity index (χ1) is 8.99. The lowest BCUT2D eigenvalue weighted by molar-refractivity contribution is -0.0473. The average Bonchev–Trinajstić information content (AvgIpc) is 2.70. The van der Waals surface area contributed by atoms with E-state index in [1.807, 2.05) is 0 Å². The van der Waals surface area contributed by atoms with Crippen LogP contribution in [0.25, 0.3) is 0 Å². The summed E-state index contributed by atoms with van der Waals surface area (Å²) in [5.41, 5.74) is -2.07. The third-order valence-corrected chi connectivity index (χ3v) is 2.94. The fraction of sp³-hybridized carbons (Fsp3) is 0.455. The molecule has 0 amide bonds. The Bertz CT molecular complexity index is 631. The van der Waals surface area contributed by atoms with E-state index < -0.39 is 48.0 Å². The van der Waals surface area contributed by atoms with Gasteiger partial charge in [0.15, 0.2) is 6.23 Å². The molecule has 0 aliphatic carbocycles. The van der Waals surface area contributed by atoms with Crippen LogP contribution in [-0.2, 0) is 4.74 Å². The molecule has 1 aromatic rings. The van der Waals surface area contributed by atoms with Crippen molar-refractivity contribution in [3.05, 3.63) is 32.9 Å². The molecule has 1 aliphatic rings. The zero-order valence-electron chi connectivity index (χ0n) is 9.62. The van der Waals surface area contributed by atoms with E-state index in [0.29, 0.717) is 6.20 Å². The molecule has 1 aromatic heterocycles. The summed E-state index contributed by atoms with van der Waals surface area (Å²) in [4.78, 5) is 24.3. The highest BCUT2D eigenvalue weighted by Crippen LogP contribution is 2.33. The van der Waals surface area contributed by atoms with Gasteiger partial charge in [-0.05, 0) is 0 Å². The van der Waals surface area contributed by atoms with Gasteiger partial charge in [-0.1, -0.05) is 5.92 Å². The van der Waals surface area contributed by atoms with Gasteiger partial charge in [0.1, 0.15) is 12.2 Å². The smallest absolute Gasteiger partial charge is 0.330 e. The highest BCUT2D eigenvalue weighted by atomic mass is 19.1. The molecule has 3 N–H and O–H groups in total. The maximum atomic E-state index is 13.2. The second-order valence-electron chi connectivity index (χ2n) is 4.07. The minimum absolute atomic E-state index is 0.504. The minimum atomic E-state index is -1.19. The van der Waals surface area contributed by atoms with E-state index in [0.717, 1.165) is 4.57 Å². The van der Waals surface area contributed by atoms with Gasteiger partial charge >= 0.3 is 5.69 Å². The maximum Gasteiger partial charge on any atom is 0.330 e. The van der Waals surface area contributed by atoms with E-state index in [2.05, 4.69) is 5.92 Å². The Labute approximate surface area is 106 Å². The number of hydrogen-bond acceptors (Lipinski definition) is 5. The van der Waals surface area contributed by atoms with E-state index in [1.165, 1.54) is 0 Å². The van der Waals surface area contributed by atoms with Gasteiger partial charge in [0.25, 0.3) is 5.56 Å². The number of ether oxygens (including phenoxy) is 1. The van der Waals surface area contributed by atoms with Gasteiger partial charge in [-0.2, -0.15) is 4.39 Å². The van der Waals surface area contributed by atoms with Crippen LogP contribution >= 0.6 is 0 Å². The van der Waals surface area contributed by atoms with Crippen molar-refractivity contribution in [1.82, 2.24) is 9.55 Å². The monoisotopic (exact) mass is 270 g/mol. The number of nitrogens with zero attached hydrogens (tertiary/aromatic N) is 1. The molecule has 0 aromatic carbocycles. The lowest BCUT2D eigenvalue weighted by Gasteiger charge is -2.17. The lowest BCUT2D eigenvalue weighted by Crippen LogP contribution is -2.36. The van der Waals surface area contributed by atoms with Gasteiger partial charge < -0.3 is 14.9 Å². The maximum absolute atomic E-state index is 13.2. The first kappa shape index (κ1) is 13.5. The van der Waals surface area contributed by atoms with Gasteiger partial charge in [0, 0.05) is 0 Å². The molecule has 0 radical (unpaired) electrons. The zero-order chi connectivity index (χ0) is 14.2. The summed E-state index contributed by atoms with van der Waals surface area (Å²) in [7, 11) is 0. The number of terminal acetylenes is 1. The number of aliphatic hydroxyl groups excluding tert-OH is 2. The Hall–Kier alpha value is -1.95. The van der Waals surface area contributed by atoms with Crippen LogP contribution < -0.4 is 11.2 Å². The second kappa shape index (κ2) is 4.97. The van der Waals surface area contributed by atoms with Crippen LogP contribution in [0.2, 0.25) is 0 Å². The van der Waals surface area contributed by atoms with Crippen LogP contribution in [0.5, 0.6) is 0 Å². The Balaban J connectivity index is 2.48. The summed E-state index contributed by atoms with van der Waals surface area (Å²) in [5, 5.41) is 18.8. The van der Waals surface area contributed by atoms with Gasteiger partial charge in [0.2, 0.25) is 5.82 Å². The van der Waals surface area contributed by atoms with Crippen LogP contribution in [0.4, 0.5) is 4.39 Å². The summed E-state index contributed by atoms with van der Waals surface area (Å²) in [6.07, 6.45) is 2.56. The molecule has 7 nitrogen and oxygen atoms in total. The first-order valence-electron chi connectivity index (χ1n) is 5.41. The quantitative estimate of drug-likeness (QED) is 0.549. The Morgan fingerprint density at radius 1 is 1.58 bits per heavy atom. The van der Waals surface area contributed by atoms with Crippen molar-refractivity contribution in [2.75, 3.05) is 6.61 Å². The Morgan fingerprint density at radius 2 is 2.26 bits per heavy atom. The number of halogens is 1. The van der Waals surface area contributed by atoms with Crippen LogP contribution in [0.15, 0.2) is 15.8 Å². The predicted octanol–water partition coefficient (Wildman–Crippen LogP) is -1.82. The molecule has 1 fully saturated rings. The van der Waals surface area contributed by atoms with E-state index in [1.54, 1.807) is 4.98 Å². The van der Waals surface area contributed by atoms with Crippen molar-refractivity contribution < 1.29 is 19.3 Å². The number of aliphatic hydroxyl groups is 2. The minimum Gasteiger partial charge on any atom is -0.394 e. The van der Waals surface area contributed by atoms with Crippen LogP contribution in [-0.4, -0.2) is 38.6 Å². The molecule has 1 saturated heterocycles. The third-order valence-electron chi connectivity index (χ3n) is 2.94. The van der Waals surface area contributed by atoms with E-state index >= 15 is 0 Å². The predicted molar refractivity (Wildman–Crippen MR) is 60.6 cm³/mol. The highest BCUT2D eigenvalue weighted by Gasteiger charge is 2.43. The Kier molecular flexibility index (Phi) is 3.53. The molecular weight excluding hydrogens is 259 g/mol.